The first-order valence-electron chi connectivity index (χ1n) is 7.01. The molecule has 0 radical (unpaired) electrons. The Morgan fingerprint density at radius 1 is 1.43 bits per heavy atom. The van der Waals surface area contributed by atoms with Crippen molar-refractivity contribution in [3.63, 3.8) is 0 Å². The van der Waals surface area contributed by atoms with Crippen LogP contribution in [0.1, 0.15) is 26.2 Å². The molecule has 0 aliphatic heterocycles. The number of nitrogens with zero attached hydrogens (tertiary/aromatic N) is 1. The second-order valence-electron chi connectivity index (χ2n) is 5.45. The third-order valence-corrected chi connectivity index (χ3v) is 4.88. The number of hydrogen-bond acceptors (Lipinski definition) is 5. The molecule has 1 aliphatic carbocycles. The molecule has 2 unspecified atom stereocenters. The van der Waals surface area contributed by atoms with Crippen molar-refractivity contribution < 1.29 is 13.2 Å². The van der Waals surface area contributed by atoms with Crippen molar-refractivity contribution in [2.24, 2.45) is 0 Å². The van der Waals surface area contributed by atoms with Gasteiger partial charge < -0.3 is 4.74 Å². The van der Waals surface area contributed by atoms with Crippen molar-refractivity contribution in [1.82, 2.24) is 5.32 Å². The van der Waals surface area contributed by atoms with Gasteiger partial charge in [-0.1, -0.05) is 6.92 Å². The molecular weight excluding hydrogens is 288 g/mol. The highest BCUT2D eigenvalue weighted by atomic mass is 32.2. The van der Waals surface area contributed by atoms with Crippen molar-refractivity contribution in [1.29, 1.82) is 5.26 Å². The Labute approximate surface area is 125 Å². The van der Waals surface area contributed by atoms with Crippen molar-refractivity contribution in [3.05, 3.63) is 24.3 Å². The standard InChI is InChI=1S/C15H20N2O3S/c1-3-17-15(11-16)9-8-13(10-15)20-12-4-6-14(7-5-12)21(2,18)19/h4-7,13,17H,3,8-10H2,1-2H3. The quantitative estimate of drug-likeness (QED) is 0.898. The zero-order valence-electron chi connectivity index (χ0n) is 12.3. The minimum atomic E-state index is -3.19. The van der Waals surface area contributed by atoms with Crippen molar-refractivity contribution in [3.8, 4) is 11.8 Å². The molecule has 6 heteroatoms. The van der Waals surface area contributed by atoms with Crippen LogP contribution in [0.25, 0.3) is 0 Å². The van der Waals surface area contributed by atoms with E-state index in [1.165, 1.54) is 6.26 Å². The molecule has 2 rings (SSSR count). The lowest BCUT2D eigenvalue weighted by molar-refractivity contribution is 0.201. The first kappa shape index (κ1) is 15.8. The fraction of sp³-hybridized carbons (Fsp3) is 0.533. The number of rotatable bonds is 5. The van der Waals surface area contributed by atoms with E-state index in [1.807, 2.05) is 6.92 Å². The van der Waals surface area contributed by atoms with Gasteiger partial charge in [-0.05, 0) is 43.7 Å². The summed E-state index contributed by atoms with van der Waals surface area (Å²) < 4.78 is 28.7. The molecule has 0 spiro atoms. The topological polar surface area (TPSA) is 79.2 Å². The molecule has 114 valence electrons. The van der Waals surface area contributed by atoms with Crippen LogP contribution in [0.15, 0.2) is 29.2 Å². The number of sulfone groups is 1. The highest BCUT2D eigenvalue weighted by Gasteiger charge is 2.39. The molecule has 0 saturated heterocycles. The summed E-state index contributed by atoms with van der Waals surface area (Å²) in [5.74, 6) is 0.637. The summed E-state index contributed by atoms with van der Waals surface area (Å²) in [4.78, 5) is 0.278. The van der Waals surface area contributed by atoms with Gasteiger partial charge in [0.2, 0.25) is 0 Å². The van der Waals surface area contributed by atoms with E-state index in [2.05, 4.69) is 11.4 Å². The maximum Gasteiger partial charge on any atom is 0.175 e. The van der Waals surface area contributed by atoms with Gasteiger partial charge in [0.05, 0.1) is 11.0 Å². The number of nitriles is 1. The maximum absolute atomic E-state index is 11.4. The Morgan fingerprint density at radius 3 is 2.62 bits per heavy atom. The molecular formula is C15H20N2O3S. The summed E-state index contributed by atoms with van der Waals surface area (Å²) in [6, 6.07) is 8.76. The summed E-state index contributed by atoms with van der Waals surface area (Å²) in [7, 11) is -3.19. The van der Waals surface area contributed by atoms with Crippen LogP contribution in [-0.2, 0) is 9.84 Å². The van der Waals surface area contributed by atoms with E-state index >= 15 is 0 Å². The Bertz CT molecular complexity index is 634. The maximum atomic E-state index is 11.4. The van der Waals surface area contributed by atoms with Crippen molar-refractivity contribution in [2.45, 2.75) is 42.7 Å². The van der Waals surface area contributed by atoms with E-state index in [0.717, 1.165) is 19.4 Å². The highest BCUT2D eigenvalue weighted by molar-refractivity contribution is 7.90. The van der Waals surface area contributed by atoms with E-state index in [4.69, 9.17) is 4.74 Å². The molecule has 1 aromatic carbocycles. The normalized spacial score (nSPS) is 25.5. The zero-order chi connectivity index (χ0) is 15.5. The van der Waals surface area contributed by atoms with Crippen LogP contribution in [0.4, 0.5) is 0 Å². The smallest absolute Gasteiger partial charge is 0.175 e. The van der Waals surface area contributed by atoms with E-state index < -0.39 is 15.4 Å². The lowest BCUT2D eigenvalue weighted by Gasteiger charge is -2.22. The molecule has 21 heavy (non-hydrogen) atoms. The average Bonchev–Trinajstić information content (AvgIpc) is 2.82. The SMILES string of the molecule is CCNC1(C#N)CCC(Oc2ccc(S(C)(=O)=O)cc2)C1. The molecule has 1 saturated carbocycles. The largest absolute Gasteiger partial charge is 0.490 e. The Balaban J connectivity index is 2.02. The van der Waals surface area contributed by atoms with Gasteiger partial charge in [-0.25, -0.2) is 8.42 Å². The zero-order valence-corrected chi connectivity index (χ0v) is 13.1. The molecule has 1 aliphatic rings. The molecule has 5 nitrogen and oxygen atoms in total. The summed E-state index contributed by atoms with van der Waals surface area (Å²) in [5, 5.41) is 12.6. The third-order valence-electron chi connectivity index (χ3n) is 3.75. The summed E-state index contributed by atoms with van der Waals surface area (Å²) in [5.41, 5.74) is -0.494. The van der Waals surface area contributed by atoms with Crippen LogP contribution in [-0.4, -0.2) is 32.9 Å². The number of ether oxygens (including phenoxy) is 1. The highest BCUT2D eigenvalue weighted by Crippen LogP contribution is 2.32. The van der Waals surface area contributed by atoms with Crippen molar-refractivity contribution in [2.75, 3.05) is 12.8 Å². The van der Waals surface area contributed by atoms with Gasteiger partial charge in [-0.15, -0.1) is 0 Å². The first-order chi connectivity index (χ1) is 9.88. The Kier molecular flexibility index (Phi) is 4.55. The number of hydrogen-bond donors (Lipinski definition) is 1. The van der Waals surface area contributed by atoms with Gasteiger partial charge in [0.1, 0.15) is 17.4 Å². The Hall–Kier alpha value is -1.58. The first-order valence-corrected chi connectivity index (χ1v) is 8.91. The lowest BCUT2D eigenvalue weighted by Crippen LogP contribution is -2.42. The fourth-order valence-electron chi connectivity index (χ4n) is 2.70. The Morgan fingerprint density at radius 2 is 2.10 bits per heavy atom. The third kappa shape index (κ3) is 3.74. The molecule has 1 N–H and O–H groups in total. The minimum absolute atomic E-state index is 0.0206. The van der Waals surface area contributed by atoms with E-state index in [-0.39, 0.29) is 11.0 Å². The van der Waals surface area contributed by atoms with Gasteiger partial charge in [-0.2, -0.15) is 5.26 Å². The molecule has 1 aromatic rings. The summed E-state index contributed by atoms with van der Waals surface area (Å²) >= 11 is 0. The summed E-state index contributed by atoms with van der Waals surface area (Å²) in [6.45, 7) is 2.74. The molecule has 0 amide bonds. The predicted molar refractivity (Wildman–Crippen MR) is 79.8 cm³/mol. The van der Waals surface area contributed by atoms with Crippen LogP contribution >= 0.6 is 0 Å². The van der Waals surface area contributed by atoms with Gasteiger partial charge in [-0.3, -0.25) is 5.32 Å². The van der Waals surface area contributed by atoms with Gasteiger partial charge >= 0.3 is 0 Å². The molecule has 1 fully saturated rings. The molecule has 0 bridgehead atoms. The van der Waals surface area contributed by atoms with Crippen LogP contribution < -0.4 is 10.1 Å². The number of benzene rings is 1. The van der Waals surface area contributed by atoms with Crippen LogP contribution in [0.3, 0.4) is 0 Å². The van der Waals surface area contributed by atoms with E-state index in [1.54, 1.807) is 24.3 Å². The van der Waals surface area contributed by atoms with E-state index in [0.29, 0.717) is 12.2 Å². The van der Waals surface area contributed by atoms with E-state index in [9.17, 15) is 13.7 Å². The summed E-state index contributed by atoms with van der Waals surface area (Å²) in [6.07, 6.45) is 3.38. The second-order valence-corrected chi connectivity index (χ2v) is 7.47. The van der Waals surface area contributed by atoms with Gasteiger partial charge in [0, 0.05) is 12.7 Å². The number of nitrogens with one attached hydrogen (secondary N) is 1. The molecule has 0 heterocycles. The van der Waals surface area contributed by atoms with Crippen molar-refractivity contribution >= 4 is 9.84 Å². The van der Waals surface area contributed by atoms with Crippen LogP contribution in [0, 0.1) is 11.3 Å². The molecule has 0 aromatic heterocycles. The van der Waals surface area contributed by atoms with Gasteiger partial charge in [0.15, 0.2) is 9.84 Å². The fourth-order valence-corrected chi connectivity index (χ4v) is 3.33. The predicted octanol–water partition coefficient (Wildman–Crippen LogP) is 1.89. The van der Waals surface area contributed by atoms with Crippen LogP contribution in [0.2, 0.25) is 0 Å². The second kappa shape index (κ2) is 6.04. The van der Waals surface area contributed by atoms with Crippen LogP contribution in [0.5, 0.6) is 5.75 Å². The minimum Gasteiger partial charge on any atom is -0.490 e. The van der Waals surface area contributed by atoms with Gasteiger partial charge in [0.25, 0.3) is 0 Å². The molecule has 2 atom stereocenters. The lowest BCUT2D eigenvalue weighted by atomic mass is 10.00. The average molecular weight is 308 g/mol. The monoisotopic (exact) mass is 308 g/mol.